The van der Waals surface area contributed by atoms with Crippen molar-refractivity contribution in [2.24, 2.45) is 0 Å². The van der Waals surface area contributed by atoms with Crippen LogP contribution in [-0.4, -0.2) is 25.8 Å². The van der Waals surface area contributed by atoms with Gasteiger partial charge in [-0.3, -0.25) is 0 Å². The van der Waals surface area contributed by atoms with Crippen molar-refractivity contribution >= 4 is 36.7 Å². The number of rotatable bonds is 2. The van der Waals surface area contributed by atoms with E-state index in [9.17, 15) is 0 Å². The van der Waals surface area contributed by atoms with E-state index in [0.29, 0.717) is 0 Å². The molecule has 0 spiro atoms. The molecule has 0 aromatic heterocycles. The van der Waals surface area contributed by atoms with Gasteiger partial charge in [0, 0.05) is 0 Å². The summed E-state index contributed by atoms with van der Waals surface area (Å²) in [4.78, 5) is 1.47. The summed E-state index contributed by atoms with van der Waals surface area (Å²) in [6.45, 7) is 0. The summed E-state index contributed by atoms with van der Waals surface area (Å²) in [5, 5.41) is 0. The van der Waals surface area contributed by atoms with Crippen LogP contribution in [0.4, 0.5) is 0 Å². The van der Waals surface area contributed by atoms with Crippen LogP contribution in [0.25, 0.3) is 0 Å². The summed E-state index contributed by atoms with van der Waals surface area (Å²) in [5.74, 6) is 0. The predicted molar refractivity (Wildman–Crippen MR) is 42.4 cm³/mol. The third kappa shape index (κ3) is 4.34. The maximum atomic E-state index is 8.93. The number of hydrogen-bond acceptors (Lipinski definition) is 3. The molecular weight excluding hydrogens is 242 g/mol. The molecule has 0 fully saturated rings. The Morgan fingerprint density at radius 1 is 0.900 bits per heavy atom. The van der Waals surface area contributed by atoms with Crippen LogP contribution < -0.4 is 0 Å². The molecule has 0 aromatic carbocycles. The molecular formula is C4H7AsCl2O3. The van der Waals surface area contributed by atoms with Crippen LogP contribution in [0.2, 0.25) is 0 Å². The molecule has 0 saturated heterocycles. The molecule has 0 rings (SSSR count). The Morgan fingerprint density at radius 2 is 1.20 bits per heavy atom. The van der Waals surface area contributed by atoms with Crippen LogP contribution in [0.15, 0.2) is 20.8 Å². The zero-order valence-electron chi connectivity index (χ0n) is 4.85. The second-order valence-corrected chi connectivity index (χ2v) is 8.07. The van der Waals surface area contributed by atoms with Crippen LogP contribution >= 0.6 is 23.2 Å². The fraction of sp³-hybridized carbons (Fsp3) is 0. The molecule has 6 heteroatoms. The van der Waals surface area contributed by atoms with Gasteiger partial charge in [0.2, 0.25) is 0 Å². The van der Waals surface area contributed by atoms with Gasteiger partial charge in [0.1, 0.15) is 0 Å². The van der Waals surface area contributed by atoms with Gasteiger partial charge in [0.25, 0.3) is 0 Å². The Labute approximate surface area is 69.9 Å². The van der Waals surface area contributed by atoms with E-state index in [1.165, 1.54) is 0 Å². The maximum absolute atomic E-state index is 8.93. The molecule has 0 unspecified atom stereocenters. The second-order valence-electron chi connectivity index (χ2n) is 1.66. The van der Waals surface area contributed by atoms with Crippen LogP contribution in [0.1, 0.15) is 0 Å². The molecule has 3 nitrogen and oxygen atoms in total. The molecule has 0 aliphatic heterocycles. The Morgan fingerprint density at radius 3 is 1.40 bits per heavy atom. The van der Waals surface area contributed by atoms with Crippen molar-refractivity contribution in [3.63, 3.8) is 0 Å². The molecule has 60 valence electrons. The van der Waals surface area contributed by atoms with Gasteiger partial charge in [-0.2, -0.15) is 0 Å². The molecule has 0 bridgehead atoms. The number of hydrogen-bond donors (Lipinski definition) is 3. The van der Waals surface area contributed by atoms with Crippen molar-refractivity contribution in [1.29, 1.82) is 0 Å². The van der Waals surface area contributed by atoms with Crippen LogP contribution in [0.3, 0.4) is 0 Å². The topological polar surface area (TPSA) is 60.7 Å². The van der Waals surface area contributed by atoms with E-state index in [0.717, 1.165) is 20.8 Å². The van der Waals surface area contributed by atoms with E-state index >= 15 is 0 Å². The molecule has 0 heterocycles. The van der Waals surface area contributed by atoms with E-state index in [2.05, 4.69) is 0 Å². The second kappa shape index (κ2) is 3.26. The quantitative estimate of drug-likeness (QED) is 0.622. The SMILES string of the molecule is O[As](O)(O)(C=CCl)C=CCl. The van der Waals surface area contributed by atoms with E-state index < -0.39 is 13.5 Å². The molecule has 0 saturated carbocycles. The molecule has 10 heavy (non-hydrogen) atoms. The zero-order chi connectivity index (χ0) is 8.28. The van der Waals surface area contributed by atoms with E-state index in [1.807, 2.05) is 0 Å². The van der Waals surface area contributed by atoms with E-state index in [1.54, 1.807) is 0 Å². The third-order valence-electron chi connectivity index (χ3n) is 0.685. The molecule has 0 amide bonds. The summed E-state index contributed by atoms with van der Waals surface area (Å²) >= 11 is 4.75. The van der Waals surface area contributed by atoms with Crippen molar-refractivity contribution in [2.75, 3.05) is 0 Å². The first-order chi connectivity index (χ1) is 4.39. The van der Waals surface area contributed by atoms with Crippen LogP contribution in [0, 0.1) is 0 Å². The van der Waals surface area contributed by atoms with Crippen molar-refractivity contribution in [2.45, 2.75) is 0 Å². The fourth-order valence-electron chi connectivity index (χ4n) is 0.266. The Balaban J connectivity index is 4.58. The van der Waals surface area contributed by atoms with Gasteiger partial charge in [-0.1, -0.05) is 0 Å². The summed E-state index contributed by atoms with van der Waals surface area (Å²) in [5.41, 5.74) is 1.67. The van der Waals surface area contributed by atoms with E-state index in [-0.39, 0.29) is 0 Å². The van der Waals surface area contributed by atoms with Crippen molar-refractivity contribution in [3.8, 4) is 0 Å². The van der Waals surface area contributed by atoms with Gasteiger partial charge in [0.15, 0.2) is 0 Å². The van der Waals surface area contributed by atoms with Crippen molar-refractivity contribution in [3.05, 3.63) is 20.8 Å². The first kappa shape index (κ1) is 10.5. The predicted octanol–water partition coefficient (Wildman–Crippen LogP) is 0.440. The van der Waals surface area contributed by atoms with Gasteiger partial charge < -0.3 is 0 Å². The normalized spacial score (nSPS) is 17.9. The summed E-state index contributed by atoms with van der Waals surface area (Å²) in [7, 11) is 0. The zero-order valence-corrected chi connectivity index (χ0v) is 8.24. The van der Waals surface area contributed by atoms with Gasteiger partial charge in [-0.25, -0.2) is 0 Å². The fourth-order valence-corrected chi connectivity index (χ4v) is 3.63. The number of halogens is 2. The Hall–Kier alpha value is 0.498. The van der Waals surface area contributed by atoms with Gasteiger partial charge in [0.05, 0.1) is 0 Å². The van der Waals surface area contributed by atoms with Crippen molar-refractivity contribution in [1.82, 2.24) is 0 Å². The molecule has 0 atom stereocenters. The molecule has 0 aliphatic rings. The summed E-state index contributed by atoms with van der Waals surface area (Å²) in [6, 6.07) is 0. The first-order valence-corrected chi connectivity index (χ1v) is 7.78. The molecule has 0 aromatic rings. The molecule has 0 aliphatic carbocycles. The monoisotopic (exact) mass is 248 g/mol. The standard InChI is InChI=1S/C4H7AsCl2O3/c6-3-1-5(8,9,10)2-4-7/h1-4,8-10H. The molecule has 3 N–H and O–H groups in total. The van der Waals surface area contributed by atoms with Crippen LogP contribution in [0.5, 0.6) is 0 Å². The van der Waals surface area contributed by atoms with Crippen molar-refractivity contribution < 1.29 is 12.3 Å². The Kier molecular flexibility index (Phi) is 3.43. The van der Waals surface area contributed by atoms with Gasteiger partial charge in [-0.15, -0.1) is 0 Å². The van der Waals surface area contributed by atoms with E-state index in [4.69, 9.17) is 35.5 Å². The third-order valence-corrected chi connectivity index (χ3v) is 4.73. The summed E-state index contributed by atoms with van der Waals surface area (Å²) in [6.07, 6.45) is 0. The summed E-state index contributed by atoms with van der Waals surface area (Å²) < 4.78 is 26.8. The first-order valence-electron chi connectivity index (χ1n) is 2.22. The minimum atomic E-state index is -5.29. The molecule has 0 radical (unpaired) electrons. The van der Waals surface area contributed by atoms with Crippen LogP contribution in [-0.2, 0) is 0 Å². The average Bonchev–Trinajstić information content (AvgIpc) is 1.61. The minimum absolute atomic E-state index is 0.735. The Bertz CT molecular complexity index is 153. The van der Waals surface area contributed by atoms with Gasteiger partial charge in [-0.05, 0) is 0 Å². The average molecular weight is 249 g/mol. The van der Waals surface area contributed by atoms with Gasteiger partial charge >= 0.3 is 69.8 Å².